The van der Waals surface area contributed by atoms with E-state index >= 15 is 0 Å². The number of fused-ring (bicyclic) bond motifs is 1. The van der Waals surface area contributed by atoms with Gasteiger partial charge in [-0.25, -0.2) is 14.8 Å². The van der Waals surface area contributed by atoms with Crippen LogP contribution in [0.15, 0.2) is 71.9 Å². The van der Waals surface area contributed by atoms with Crippen LogP contribution < -0.4 is 15.6 Å². The number of nitrogens with one attached hydrogen (secondary N) is 1. The summed E-state index contributed by atoms with van der Waals surface area (Å²) in [5, 5.41) is 3.37. The Labute approximate surface area is 299 Å². The van der Waals surface area contributed by atoms with Gasteiger partial charge in [0.2, 0.25) is 11.8 Å². The summed E-state index contributed by atoms with van der Waals surface area (Å²) in [5.41, 5.74) is 5.17. The number of aromatic nitrogens is 4. The van der Waals surface area contributed by atoms with E-state index in [1.165, 1.54) is 22.6 Å². The Kier molecular flexibility index (Phi) is 9.88. The predicted octanol–water partition coefficient (Wildman–Crippen LogP) is 6.28. The van der Waals surface area contributed by atoms with Gasteiger partial charge in [-0.1, -0.05) is 48.0 Å². The molecule has 4 heterocycles. The molecule has 1 N–H and O–H groups in total. The SMILES string of the molecule is COc1nc(-c2cccc(-c3cccc(-c4ccn5c(=O)c(C=O)cnc5c4)c3C)c2Cl)cnc1CN(C[C@@H]1CCC(=O)N1)C(=O)OC(C)(C)C. The number of carbonyl (C=O) groups excluding carboxylic acids is 3. The summed E-state index contributed by atoms with van der Waals surface area (Å²) in [4.78, 5) is 64.1. The Morgan fingerprint density at radius 3 is 2.47 bits per heavy atom. The van der Waals surface area contributed by atoms with Crippen LogP contribution in [0.4, 0.5) is 4.79 Å². The van der Waals surface area contributed by atoms with Crippen LogP contribution in [0.25, 0.3) is 39.2 Å². The summed E-state index contributed by atoms with van der Waals surface area (Å²) in [7, 11) is 1.49. The van der Waals surface area contributed by atoms with E-state index in [2.05, 4.69) is 15.3 Å². The van der Waals surface area contributed by atoms with Crippen molar-refractivity contribution in [3.05, 3.63) is 99.3 Å². The third-order valence-electron chi connectivity index (χ3n) is 8.60. The quantitative estimate of drug-likeness (QED) is 0.175. The fourth-order valence-corrected chi connectivity index (χ4v) is 6.43. The molecule has 13 heteroatoms. The first-order chi connectivity index (χ1) is 24.4. The Bertz CT molecular complexity index is 2230. The number of aldehydes is 1. The summed E-state index contributed by atoms with van der Waals surface area (Å²) in [6, 6.07) is 15.0. The van der Waals surface area contributed by atoms with Gasteiger partial charge in [-0.2, -0.15) is 0 Å². The molecule has 1 fully saturated rings. The molecule has 0 radical (unpaired) electrons. The topological polar surface area (TPSA) is 145 Å². The smallest absolute Gasteiger partial charge is 0.410 e. The average Bonchev–Trinajstić information content (AvgIpc) is 3.52. The lowest BCUT2D eigenvalue weighted by molar-refractivity contribution is -0.119. The van der Waals surface area contributed by atoms with Crippen LogP contribution in [0.3, 0.4) is 0 Å². The first-order valence-electron chi connectivity index (χ1n) is 16.4. The van der Waals surface area contributed by atoms with E-state index < -0.39 is 17.3 Å². The average molecular weight is 709 g/mol. The van der Waals surface area contributed by atoms with Gasteiger partial charge >= 0.3 is 6.09 Å². The molecule has 5 aromatic rings. The van der Waals surface area contributed by atoms with Crippen LogP contribution in [-0.4, -0.2) is 67.8 Å². The van der Waals surface area contributed by atoms with Gasteiger partial charge in [0.15, 0.2) is 6.29 Å². The molecule has 0 aliphatic carbocycles. The highest BCUT2D eigenvalue weighted by Crippen LogP contribution is 2.40. The van der Waals surface area contributed by atoms with Gasteiger partial charge in [0.1, 0.15) is 16.9 Å². The zero-order valence-electron chi connectivity index (χ0n) is 28.9. The number of methoxy groups -OCH3 is 1. The fourth-order valence-electron chi connectivity index (χ4n) is 6.11. The highest BCUT2D eigenvalue weighted by molar-refractivity contribution is 6.36. The van der Waals surface area contributed by atoms with Crippen molar-refractivity contribution in [2.45, 2.75) is 58.7 Å². The van der Waals surface area contributed by atoms with Gasteiger partial charge in [-0.05, 0) is 68.5 Å². The molecule has 1 atom stereocenters. The van der Waals surface area contributed by atoms with Gasteiger partial charge in [-0.15, -0.1) is 0 Å². The van der Waals surface area contributed by atoms with Crippen molar-refractivity contribution >= 4 is 35.5 Å². The lowest BCUT2D eigenvalue weighted by atomic mass is 9.92. The molecule has 1 aliphatic rings. The third-order valence-corrected chi connectivity index (χ3v) is 9.00. The van der Waals surface area contributed by atoms with Crippen LogP contribution in [-0.2, 0) is 16.1 Å². The Morgan fingerprint density at radius 1 is 1.06 bits per heavy atom. The molecule has 0 spiro atoms. The van der Waals surface area contributed by atoms with Crippen molar-refractivity contribution in [3.8, 4) is 39.4 Å². The monoisotopic (exact) mass is 708 g/mol. The molecule has 1 aliphatic heterocycles. The van der Waals surface area contributed by atoms with E-state index in [0.29, 0.717) is 46.7 Å². The summed E-state index contributed by atoms with van der Waals surface area (Å²) in [5.74, 6) is 0.173. The number of halogens is 1. The summed E-state index contributed by atoms with van der Waals surface area (Å²) in [6.45, 7) is 7.67. The number of rotatable bonds is 9. The molecule has 0 bridgehead atoms. The molecule has 262 valence electrons. The van der Waals surface area contributed by atoms with Crippen LogP contribution in [0.5, 0.6) is 5.88 Å². The maximum Gasteiger partial charge on any atom is 0.410 e. The first-order valence-corrected chi connectivity index (χ1v) is 16.8. The minimum Gasteiger partial charge on any atom is -0.480 e. The molecule has 0 saturated carbocycles. The summed E-state index contributed by atoms with van der Waals surface area (Å²) < 4.78 is 12.7. The van der Waals surface area contributed by atoms with Crippen molar-refractivity contribution in [3.63, 3.8) is 0 Å². The van der Waals surface area contributed by atoms with Crippen molar-refractivity contribution in [1.29, 1.82) is 0 Å². The largest absolute Gasteiger partial charge is 0.480 e. The number of pyridine rings is 1. The number of amides is 2. The van der Waals surface area contributed by atoms with Crippen molar-refractivity contribution < 1.29 is 23.9 Å². The van der Waals surface area contributed by atoms with Gasteiger partial charge in [0.25, 0.3) is 5.56 Å². The number of hydrogen-bond acceptors (Lipinski definition) is 9. The molecule has 0 unspecified atom stereocenters. The van der Waals surface area contributed by atoms with Crippen molar-refractivity contribution in [1.82, 2.24) is 29.6 Å². The number of ether oxygens (including phenoxy) is 2. The molecule has 6 rings (SSSR count). The number of hydrogen-bond donors (Lipinski definition) is 1. The van der Waals surface area contributed by atoms with E-state index in [-0.39, 0.29) is 36.5 Å². The molecule has 2 aromatic carbocycles. The molecule has 51 heavy (non-hydrogen) atoms. The maximum absolute atomic E-state index is 13.2. The summed E-state index contributed by atoms with van der Waals surface area (Å²) in [6.07, 6.45) is 5.46. The molecule has 1 saturated heterocycles. The van der Waals surface area contributed by atoms with Crippen LogP contribution in [0, 0.1) is 6.92 Å². The van der Waals surface area contributed by atoms with E-state index in [9.17, 15) is 19.2 Å². The zero-order chi connectivity index (χ0) is 36.4. The molecular weight excluding hydrogens is 672 g/mol. The second-order valence-electron chi connectivity index (χ2n) is 13.3. The standard InChI is InChI=1S/C38H37ClN6O6/c1-22-26(23-14-15-45-32(16-23)41-17-24(21-46)36(45)48)8-6-9-27(22)28-10-7-11-29(34(28)39)30-18-40-31(35(43-30)50-5)20-44(37(49)51-38(2,3)4)19-25-12-13-33(47)42-25/h6-11,14-18,21,25H,12-13,19-20H2,1-5H3,(H,42,47)/t25-/m0/s1. The van der Waals surface area contributed by atoms with Crippen molar-refractivity contribution in [2.75, 3.05) is 13.7 Å². The lowest BCUT2D eigenvalue weighted by Gasteiger charge is -2.29. The summed E-state index contributed by atoms with van der Waals surface area (Å²) >= 11 is 7.11. The van der Waals surface area contributed by atoms with Gasteiger partial charge in [-0.3, -0.25) is 23.8 Å². The van der Waals surface area contributed by atoms with E-state index in [4.69, 9.17) is 26.1 Å². The number of nitrogens with zero attached hydrogens (tertiary/aromatic N) is 5. The van der Waals surface area contributed by atoms with Crippen LogP contribution >= 0.6 is 11.6 Å². The van der Waals surface area contributed by atoms with Crippen LogP contribution in [0.1, 0.15) is 55.2 Å². The molecule has 12 nitrogen and oxygen atoms in total. The number of carbonyl (C=O) groups is 3. The van der Waals surface area contributed by atoms with Crippen LogP contribution in [0.2, 0.25) is 5.02 Å². The first kappa shape index (κ1) is 35.2. The molecule has 2 amide bonds. The Morgan fingerprint density at radius 2 is 1.78 bits per heavy atom. The van der Waals surface area contributed by atoms with Crippen molar-refractivity contribution in [2.24, 2.45) is 0 Å². The Hall–Kier alpha value is -5.62. The van der Waals surface area contributed by atoms with Gasteiger partial charge < -0.3 is 19.7 Å². The lowest BCUT2D eigenvalue weighted by Crippen LogP contribution is -2.44. The second-order valence-corrected chi connectivity index (χ2v) is 13.7. The fraction of sp³-hybridized carbons (Fsp3) is 0.289. The molecular formula is C38H37ClN6O6. The third kappa shape index (κ3) is 7.46. The predicted molar refractivity (Wildman–Crippen MR) is 193 cm³/mol. The highest BCUT2D eigenvalue weighted by Gasteiger charge is 2.30. The van der Waals surface area contributed by atoms with Gasteiger partial charge in [0.05, 0.1) is 36.1 Å². The highest BCUT2D eigenvalue weighted by atomic mass is 35.5. The zero-order valence-corrected chi connectivity index (χ0v) is 29.7. The second kappa shape index (κ2) is 14.3. The minimum atomic E-state index is -0.719. The van der Waals surface area contributed by atoms with E-state index in [0.717, 1.165) is 27.8 Å². The van der Waals surface area contributed by atoms with Gasteiger partial charge in [0, 0.05) is 42.5 Å². The van der Waals surface area contributed by atoms with E-state index in [1.807, 2.05) is 49.4 Å². The molecule has 3 aromatic heterocycles. The normalized spacial score (nSPS) is 14.3. The minimum absolute atomic E-state index is 0.0108. The Balaban J connectivity index is 1.32. The maximum atomic E-state index is 13.2. The van der Waals surface area contributed by atoms with E-state index in [1.54, 1.807) is 39.2 Å². The number of benzene rings is 2.